The maximum Gasteiger partial charge on any atom is 0.404 e. The molecule has 0 aliphatic heterocycles. The van der Waals surface area contributed by atoms with E-state index in [0.717, 1.165) is 35.6 Å². The Kier molecular flexibility index (Phi) is 8.67. The quantitative estimate of drug-likeness (QED) is 0.409. The molecule has 1 heterocycles. The van der Waals surface area contributed by atoms with Crippen LogP contribution in [0.25, 0.3) is 10.4 Å². The van der Waals surface area contributed by atoms with Crippen molar-refractivity contribution >= 4 is 33.4 Å². The predicted molar refractivity (Wildman–Crippen MR) is 132 cm³/mol. The maximum absolute atomic E-state index is 13.0. The topological polar surface area (TPSA) is 137 Å². The standard InChI is InChI=1S/C23H32N4O5S2/c1-4-25-34(31,32)20-11-15(12-21(28)26-14(2)3)5-10-18(20)19-13-24-22(33-19)16-6-8-17(9-7-16)27-23(29)30/h5,10-11,13-14,16-17,25,27H,4,6-9,12H2,1-3H3,(H,26,28)(H,29,30). The Morgan fingerprint density at radius 3 is 2.53 bits per heavy atom. The fourth-order valence-corrected chi connectivity index (χ4v) is 6.69. The number of rotatable bonds is 9. The van der Waals surface area contributed by atoms with E-state index in [9.17, 15) is 18.0 Å². The minimum Gasteiger partial charge on any atom is -0.465 e. The van der Waals surface area contributed by atoms with Gasteiger partial charge < -0.3 is 15.7 Å². The van der Waals surface area contributed by atoms with Crippen molar-refractivity contribution in [2.75, 3.05) is 6.54 Å². The zero-order chi connectivity index (χ0) is 24.9. The zero-order valence-corrected chi connectivity index (χ0v) is 21.3. The number of hydrogen-bond acceptors (Lipinski definition) is 6. The van der Waals surface area contributed by atoms with Crippen molar-refractivity contribution in [2.45, 2.75) is 75.8 Å². The monoisotopic (exact) mass is 508 g/mol. The highest BCUT2D eigenvalue weighted by molar-refractivity contribution is 7.89. The highest BCUT2D eigenvalue weighted by Crippen LogP contribution is 2.39. The van der Waals surface area contributed by atoms with Gasteiger partial charge in [-0.1, -0.05) is 19.1 Å². The highest BCUT2D eigenvalue weighted by atomic mass is 32.2. The minimum atomic E-state index is -3.77. The summed E-state index contributed by atoms with van der Waals surface area (Å²) in [4.78, 5) is 28.5. The summed E-state index contributed by atoms with van der Waals surface area (Å²) in [5, 5.41) is 15.2. The molecule has 1 saturated carbocycles. The van der Waals surface area contributed by atoms with E-state index < -0.39 is 16.1 Å². The minimum absolute atomic E-state index is 0.00215. The van der Waals surface area contributed by atoms with E-state index in [1.165, 1.54) is 11.3 Å². The van der Waals surface area contributed by atoms with Gasteiger partial charge in [-0.2, -0.15) is 0 Å². The lowest BCUT2D eigenvalue weighted by atomic mass is 9.86. The molecule has 1 aromatic carbocycles. The molecule has 2 aromatic rings. The Morgan fingerprint density at radius 2 is 1.91 bits per heavy atom. The van der Waals surface area contributed by atoms with Crippen molar-refractivity contribution in [3.63, 3.8) is 0 Å². The maximum atomic E-state index is 13.0. The van der Waals surface area contributed by atoms with Crippen LogP contribution in [0.5, 0.6) is 0 Å². The van der Waals surface area contributed by atoms with Gasteiger partial charge in [-0.3, -0.25) is 4.79 Å². The van der Waals surface area contributed by atoms with Gasteiger partial charge >= 0.3 is 6.09 Å². The third-order valence-corrected chi connectivity index (χ3v) is 8.46. The molecule has 0 bridgehead atoms. The fourth-order valence-electron chi connectivity index (χ4n) is 4.19. The average Bonchev–Trinajstić information content (AvgIpc) is 3.23. The van der Waals surface area contributed by atoms with Crippen molar-refractivity contribution in [3.8, 4) is 10.4 Å². The molecule has 0 atom stereocenters. The van der Waals surface area contributed by atoms with Crippen LogP contribution in [0.15, 0.2) is 29.3 Å². The van der Waals surface area contributed by atoms with Crippen LogP contribution >= 0.6 is 11.3 Å². The molecule has 0 unspecified atom stereocenters. The normalized spacial score (nSPS) is 18.6. The van der Waals surface area contributed by atoms with Crippen molar-refractivity contribution in [3.05, 3.63) is 35.0 Å². The number of aromatic nitrogens is 1. The molecule has 0 spiro atoms. The molecule has 1 aliphatic rings. The molecule has 2 amide bonds. The summed E-state index contributed by atoms with van der Waals surface area (Å²) in [5.41, 5.74) is 1.17. The second-order valence-corrected chi connectivity index (χ2v) is 11.6. The Labute approximate surface area is 204 Å². The number of nitrogens with zero attached hydrogens (tertiary/aromatic N) is 1. The second kappa shape index (κ2) is 11.3. The van der Waals surface area contributed by atoms with Gasteiger partial charge in [0.05, 0.1) is 21.2 Å². The van der Waals surface area contributed by atoms with Crippen LogP contribution in [0.3, 0.4) is 0 Å². The summed E-state index contributed by atoms with van der Waals surface area (Å²) in [6.07, 6.45) is 3.94. The van der Waals surface area contributed by atoms with Crippen molar-refractivity contribution < 1.29 is 23.1 Å². The molecule has 3 rings (SSSR count). The zero-order valence-electron chi connectivity index (χ0n) is 19.6. The Hall–Kier alpha value is -2.50. The third-order valence-electron chi connectivity index (χ3n) is 5.68. The molecule has 34 heavy (non-hydrogen) atoms. The van der Waals surface area contributed by atoms with Gasteiger partial charge in [0.25, 0.3) is 0 Å². The Morgan fingerprint density at radius 1 is 1.21 bits per heavy atom. The van der Waals surface area contributed by atoms with Crippen LogP contribution in [0, 0.1) is 0 Å². The number of hydrogen-bond donors (Lipinski definition) is 4. The fraction of sp³-hybridized carbons (Fsp3) is 0.522. The van der Waals surface area contributed by atoms with Gasteiger partial charge in [-0.15, -0.1) is 11.3 Å². The molecule has 1 fully saturated rings. The van der Waals surface area contributed by atoms with E-state index in [1.54, 1.807) is 31.3 Å². The summed E-state index contributed by atoms with van der Waals surface area (Å²) >= 11 is 1.46. The smallest absolute Gasteiger partial charge is 0.404 e. The average molecular weight is 509 g/mol. The molecule has 0 radical (unpaired) electrons. The van der Waals surface area contributed by atoms with Crippen LogP contribution in [0.4, 0.5) is 4.79 Å². The van der Waals surface area contributed by atoms with Crippen LogP contribution in [0.2, 0.25) is 0 Å². The summed E-state index contributed by atoms with van der Waals surface area (Å²) in [6.45, 7) is 5.72. The first kappa shape index (κ1) is 26.1. The van der Waals surface area contributed by atoms with E-state index in [4.69, 9.17) is 5.11 Å². The molecule has 4 N–H and O–H groups in total. The lowest BCUT2D eigenvalue weighted by Crippen LogP contribution is -2.36. The van der Waals surface area contributed by atoms with Crippen LogP contribution in [-0.4, -0.2) is 49.1 Å². The number of nitrogens with one attached hydrogen (secondary N) is 3. The summed E-state index contributed by atoms with van der Waals surface area (Å²) in [5.74, 6) is 0.0565. The van der Waals surface area contributed by atoms with Gasteiger partial charge in [0.15, 0.2) is 0 Å². The number of carbonyl (C=O) groups is 2. The van der Waals surface area contributed by atoms with Gasteiger partial charge in [-0.25, -0.2) is 22.9 Å². The number of carbonyl (C=O) groups excluding carboxylic acids is 1. The van der Waals surface area contributed by atoms with E-state index in [2.05, 4.69) is 20.3 Å². The van der Waals surface area contributed by atoms with Crippen molar-refractivity contribution in [2.24, 2.45) is 0 Å². The van der Waals surface area contributed by atoms with E-state index in [-0.39, 0.29) is 41.8 Å². The van der Waals surface area contributed by atoms with E-state index in [0.29, 0.717) is 11.1 Å². The number of benzene rings is 1. The van der Waals surface area contributed by atoms with Gasteiger partial charge in [-0.05, 0) is 51.2 Å². The van der Waals surface area contributed by atoms with Crippen LogP contribution in [0.1, 0.15) is 62.9 Å². The SMILES string of the molecule is CCNS(=O)(=O)c1cc(CC(=O)NC(C)C)ccc1-c1cnc(C2CCC(NC(=O)O)CC2)s1. The van der Waals surface area contributed by atoms with E-state index >= 15 is 0 Å². The molecule has 186 valence electrons. The lowest BCUT2D eigenvalue weighted by Gasteiger charge is -2.27. The number of carboxylic acid groups (broad SMARTS) is 1. The summed E-state index contributed by atoms with van der Waals surface area (Å²) in [6, 6.07) is 5.05. The molecule has 1 aliphatic carbocycles. The van der Waals surface area contributed by atoms with Crippen molar-refractivity contribution in [1.82, 2.24) is 20.3 Å². The lowest BCUT2D eigenvalue weighted by molar-refractivity contribution is -0.120. The summed E-state index contributed by atoms with van der Waals surface area (Å²) in [7, 11) is -3.77. The van der Waals surface area contributed by atoms with Gasteiger partial charge in [0.2, 0.25) is 15.9 Å². The molecule has 1 aromatic heterocycles. The van der Waals surface area contributed by atoms with Crippen LogP contribution < -0.4 is 15.4 Å². The number of amides is 2. The first-order chi connectivity index (χ1) is 16.1. The molecule has 9 nitrogen and oxygen atoms in total. The van der Waals surface area contributed by atoms with Gasteiger partial charge in [0.1, 0.15) is 0 Å². The first-order valence-corrected chi connectivity index (χ1v) is 13.8. The number of sulfonamides is 1. The largest absolute Gasteiger partial charge is 0.465 e. The predicted octanol–water partition coefficient (Wildman–Crippen LogP) is 3.47. The van der Waals surface area contributed by atoms with Crippen molar-refractivity contribution in [1.29, 1.82) is 0 Å². The third kappa shape index (κ3) is 6.77. The second-order valence-electron chi connectivity index (χ2n) is 8.79. The molecule has 0 saturated heterocycles. The number of thiazole rings is 1. The molecular weight excluding hydrogens is 476 g/mol. The van der Waals surface area contributed by atoms with Gasteiger partial charge in [0, 0.05) is 36.3 Å². The highest BCUT2D eigenvalue weighted by Gasteiger charge is 2.27. The summed E-state index contributed by atoms with van der Waals surface area (Å²) < 4.78 is 28.5. The van der Waals surface area contributed by atoms with E-state index in [1.807, 2.05) is 13.8 Å². The van der Waals surface area contributed by atoms with Crippen LogP contribution in [-0.2, 0) is 21.2 Å². The molecular formula is C23H32N4O5S2. The Bertz CT molecular complexity index is 1120. The Balaban J connectivity index is 1.85. The molecule has 11 heteroatoms. The first-order valence-electron chi connectivity index (χ1n) is 11.5.